The maximum Gasteiger partial charge on any atom is -0.0326 e. The van der Waals surface area contributed by atoms with Crippen LogP contribution < -0.4 is 0 Å². The average molecular weight is 152 g/mol. The van der Waals surface area contributed by atoms with Gasteiger partial charge in [-0.2, -0.15) is 0 Å². The van der Waals surface area contributed by atoms with E-state index in [9.17, 15) is 0 Å². The number of allylic oxidation sites excluding steroid dienone is 2. The van der Waals surface area contributed by atoms with Gasteiger partial charge in [-0.25, -0.2) is 0 Å². The van der Waals surface area contributed by atoms with E-state index in [0.29, 0.717) is 0 Å². The van der Waals surface area contributed by atoms with Gasteiger partial charge in [0.2, 0.25) is 0 Å². The van der Waals surface area contributed by atoms with E-state index in [4.69, 9.17) is 0 Å². The van der Waals surface area contributed by atoms with Crippen molar-refractivity contribution in [1.29, 1.82) is 0 Å². The third-order valence-corrected chi connectivity index (χ3v) is 1.71. The number of rotatable bonds is 6. The summed E-state index contributed by atoms with van der Waals surface area (Å²) in [4.78, 5) is 0. The van der Waals surface area contributed by atoms with Gasteiger partial charge in [0.1, 0.15) is 0 Å². The normalized spacial score (nSPS) is 9.64. The molecule has 0 heterocycles. The third-order valence-electron chi connectivity index (χ3n) is 1.71. The van der Waals surface area contributed by atoms with Gasteiger partial charge in [-0.3, -0.25) is 0 Å². The van der Waals surface area contributed by atoms with Crippen LogP contribution in [0.25, 0.3) is 0 Å². The van der Waals surface area contributed by atoms with Gasteiger partial charge in [-0.15, -0.1) is 13.2 Å². The zero-order valence-electron chi connectivity index (χ0n) is 7.95. The Labute approximate surface area is 71.0 Å². The van der Waals surface area contributed by atoms with Crippen molar-refractivity contribution >= 4 is 0 Å². The first-order valence-corrected chi connectivity index (χ1v) is 4.41. The first-order valence-electron chi connectivity index (χ1n) is 4.41. The molecule has 0 aliphatic rings. The van der Waals surface area contributed by atoms with Crippen LogP contribution in [-0.2, 0) is 0 Å². The predicted molar refractivity (Wildman–Crippen MR) is 52.7 cm³/mol. The highest BCUT2D eigenvalue weighted by atomic mass is 14.0. The fourth-order valence-electron chi connectivity index (χ4n) is 1.03. The Balaban J connectivity index is 3.03. The van der Waals surface area contributed by atoms with Crippen molar-refractivity contribution in [2.24, 2.45) is 0 Å². The maximum absolute atomic E-state index is 3.87. The second kappa shape index (κ2) is 6.21. The highest BCUT2D eigenvalue weighted by molar-refractivity contribution is 4.89. The lowest BCUT2D eigenvalue weighted by molar-refractivity contribution is 0.674. The molecule has 0 amide bonds. The lowest BCUT2D eigenvalue weighted by atomic mass is 10.1. The fraction of sp³-hybridized carbons (Fsp3) is 0.636. The largest absolute Gasteiger partial charge is 0.100 e. The minimum absolute atomic E-state index is 1.19. The summed E-state index contributed by atoms with van der Waals surface area (Å²) in [6.07, 6.45) is 6.29. The van der Waals surface area contributed by atoms with Crippen molar-refractivity contribution < 1.29 is 0 Å². The standard InChI is InChI=1S/C11H20/c1-10(2)8-6-5-7-9-11(3)4/h1,3,5-9H2,2,4H3. The first kappa shape index (κ1) is 10.5. The van der Waals surface area contributed by atoms with Crippen molar-refractivity contribution in [3.05, 3.63) is 24.3 Å². The molecule has 64 valence electrons. The summed E-state index contributed by atoms with van der Waals surface area (Å²) in [5, 5.41) is 0. The van der Waals surface area contributed by atoms with Crippen molar-refractivity contribution in [1.82, 2.24) is 0 Å². The van der Waals surface area contributed by atoms with Crippen LogP contribution in [0.1, 0.15) is 46.0 Å². The molecule has 0 aliphatic carbocycles. The summed E-state index contributed by atoms with van der Waals surface area (Å²) < 4.78 is 0. The van der Waals surface area contributed by atoms with Gasteiger partial charge in [-0.05, 0) is 39.5 Å². The molecule has 0 aromatic heterocycles. The smallest absolute Gasteiger partial charge is 0.0326 e. The molecule has 0 radical (unpaired) electrons. The van der Waals surface area contributed by atoms with Gasteiger partial charge >= 0.3 is 0 Å². The SMILES string of the molecule is C=C(C)CCCCCC(=C)C. The van der Waals surface area contributed by atoms with Crippen molar-refractivity contribution in [3.8, 4) is 0 Å². The molecule has 0 saturated carbocycles. The lowest BCUT2D eigenvalue weighted by Gasteiger charge is -2.00. The zero-order chi connectivity index (χ0) is 8.69. The van der Waals surface area contributed by atoms with E-state index in [-0.39, 0.29) is 0 Å². The average Bonchev–Trinajstić information content (AvgIpc) is 1.85. The van der Waals surface area contributed by atoms with Crippen LogP contribution in [0.5, 0.6) is 0 Å². The van der Waals surface area contributed by atoms with Gasteiger partial charge < -0.3 is 0 Å². The van der Waals surface area contributed by atoms with Gasteiger partial charge in [0, 0.05) is 0 Å². The topological polar surface area (TPSA) is 0 Å². The monoisotopic (exact) mass is 152 g/mol. The van der Waals surface area contributed by atoms with E-state index in [2.05, 4.69) is 27.0 Å². The number of hydrogen-bond acceptors (Lipinski definition) is 0. The van der Waals surface area contributed by atoms with Crippen molar-refractivity contribution in [2.45, 2.75) is 46.0 Å². The molecule has 0 rings (SSSR count). The maximum atomic E-state index is 3.87. The highest BCUT2D eigenvalue weighted by Gasteiger charge is 1.90. The number of hydrogen-bond donors (Lipinski definition) is 0. The van der Waals surface area contributed by atoms with E-state index >= 15 is 0 Å². The molecule has 0 aromatic rings. The molecule has 11 heavy (non-hydrogen) atoms. The molecule has 0 bridgehead atoms. The summed E-state index contributed by atoms with van der Waals surface area (Å²) in [5.41, 5.74) is 2.61. The van der Waals surface area contributed by atoms with Crippen molar-refractivity contribution in [2.75, 3.05) is 0 Å². The Morgan fingerprint density at radius 1 is 0.818 bits per heavy atom. The van der Waals surface area contributed by atoms with Gasteiger partial charge in [0.15, 0.2) is 0 Å². The molecule has 0 N–H and O–H groups in total. The van der Waals surface area contributed by atoms with Gasteiger partial charge in [0.25, 0.3) is 0 Å². The molecular weight excluding hydrogens is 132 g/mol. The van der Waals surface area contributed by atoms with Crippen LogP contribution in [0.2, 0.25) is 0 Å². The molecule has 0 fully saturated rings. The molecule has 0 nitrogen and oxygen atoms in total. The van der Waals surface area contributed by atoms with Crippen LogP contribution >= 0.6 is 0 Å². The Morgan fingerprint density at radius 3 is 1.45 bits per heavy atom. The predicted octanol–water partition coefficient (Wildman–Crippen LogP) is 4.09. The van der Waals surface area contributed by atoms with E-state index in [1.165, 1.54) is 43.3 Å². The molecule has 0 heteroatoms. The second-order valence-corrected chi connectivity index (χ2v) is 3.47. The Kier molecular flexibility index (Phi) is 5.91. The minimum atomic E-state index is 1.19. The minimum Gasteiger partial charge on any atom is -0.100 e. The van der Waals surface area contributed by atoms with Crippen LogP contribution in [0.15, 0.2) is 24.3 Å². The fourth-order valence-corrected chi connectivity index (χ4v) is 1.03. The summed E-state index contributed by atoms with van der Waals surface area (Å²) in [6, 6.07) is 0. The summed E-state index contributed by atoms with van der Waals surface area (Å²) in [6.45, 7) is 11.9. The van der Waals surface area contributed by atoms with Gasteiger partial charge in [-0.1, -0.05) is 17.6 Å². The molecule has 0 saturated heterocycles. The summed E-state index contributed by atoms with van der Waals surface area (Å²) in [5.74, 6) is 0. The second-order valence-electron chi connectivity index (χ2n) is 3.47. The molecule has 0 atom stereocenters. The van der Waals surface area contributed by atoms with Crippen LogP contribution in [0.4, 0.5) is 0 Å². The van der Waals surface area contributed by atoms with Crippen LogP contribution in [0.3, 0.4) is 0 Å². The molecule has 0 spiro atoms. The van der Waals surface area contributed by atoms with E-state index in [1.807, 2.05) is 0 Å². The van der Waals surface area contributed by atoms with E-state index < -0.39 is 0 Å². The van der Waals surface area contributed by atoms with E-state index in [0.717, 1.165) is 0 Å². The molecular formula is C11H20. The van der Waals surface area contributed by atoms with Gasteiger partial charge in [0.05, 0.1) is 0 Å². The third kappa shape index (κ3) is 9.48. The quantitative estimate of drug-likeness (QED) is 0.397. The Morgan fingerprint density at radius 2 is 1.18 bits per heavy atom. The van der Waals surface area contributed by atoms with Crippen LogP contribution in [-0.4, -0.2) is 0 Å². The number of unbranched alkanes of at least 4 members (excludes halogenated alkanes) is 2. The zero-order valence-corrected chi connectivity index (χ0v) is 7.95. The molecule has 0 aliphatic heterocycles. The molecule has 0 unspecified atom stereocenters. The highest BCUT2D eigenvalue weighted by Crippen LogP contribution is 2.10. The summed E-state index contributed by atoms with van der Waals surface area (Å²) in [7, 11) is 0. The first-order chi connectivity index (χ1) is 5.13. The summed E-state index contributed by atoms with van der Waals surface area (Å²) >= 11 is 0. The Hall–Kier alpha value is -0.520. The Bertz CT molecular complexity index is 115. The lowest BCUT2D eigenvalue weighted by Crippen LogP contribution is -1.80. The van der Waals surface area contributed by atoms with Crippen molar-refractivity contribution in [3.63, 3.8) is 0 Å². The van der Waals surface area contributed by atoms with E-state index in [1.54, 1.807) is 0 Å². The van der Waals surface area contributed by atoms with Crippen LogP contribution in [0, 0.1) is 0 Å². The molecule has 0 aromatic carbocycles.